The highest BCUT2D eigenvalue weighted by atomic mass is 16.2. The molecule has 11 nitrogen and oxygen atoms in total. The van der Waals surface area contributed by atoms with Crippen molar-refractivity contribution in [1.82, 2.24) is 30.5 Å². The molecule has 172 valence electrons. The second-order valence-corrected chi connectivity index (χ2v) is 8.07. The number of hydrogen-bond donors (Lipinski definition) is 3. The first kappa shape index (κ1) is 21.3. The summed E-state index contributed by atoms with van der Waals surface area (Å²) < 4.78 is 1.56. The normalized spacial score (nSPS) is 17.4. The predicted octanol–water partition coefficient (Wildman–Crippen LogP) is 1.35. The molecule has 3 aromatic rings. The van der Waals surface area contributed by atoms with Gasteiger partial charge in [-0.1, -0.05) is 23.4 Å². The summed E-state index contributed by atoms with van der Waals surface area (Å²) in [5.74, 6) is -0.993. The van der Waals surface area contributed by atoms with Crippen molar-refractivity contribution in [1.29, 1.82) is 0 Å². The second kappa shape index (κ2) is 8.77. The second-order valence-electron chi connectivity index (χ2n) is 8.07. The lowest BCUT2D eigenvalue weighted by atomic mass is 10.0. The van der Waals surface area contributed by atoms with Gasteiger partial charge >= 0.3 is 6.03 Å². The maximum absolute atomic E-state index is 12.8. The number of nitrogens with one attached hydrogen (secondary N) is 3. The predicted molar refractivity (Wildman–Crippen MR) is 120 cm³/mol. The van der Waals surface area contributed by atoms with Crippen LogP contribution in [0.4, 0.5) is 10.5 Å². The number of imide groups is 1. The minimum Gasteiger partial charge on any atom is -0.332 e. The fourth-order valence-electron chi connectivity index (χ4n) is 4.08. The number of para-hydroxylation sites is 1. The molecule has 5 rings (SSSR count). The SMILES string of the molecule is O=C1CCC(N2Cc3cc(-n4cc(CNC(=O)Nc5ccccc5)nn4)ccc3C2=O)C(=O)N1. The van der Waals surface area contributed by atoms with E-state index in [-0.39, 0.29) is 37.4 Å². The molecular weight excluding hydrogens is 438 g/mol. The van der Waals surface area contributed by atoms with E-state index in [9.17, 15) is 19.2 Å². The summed E-state index contributed by atoms with van der Waals surface area (Å²) in [4.78, 5) is 50.0. The Kier molecular flexibility index (Phi) is 5.50. The lowest BCUT2D eigenvalue weighted by Gasteiger charge is -2.29. The van der Waals surface area contributed by atoms with Gasteiger partial charge in [0.1, 0.15) is 11.7 Å². The summed E-state index contributed by atoms with van der Waals surface area (Å²) in [7, 11) is 0. The summed E-state index contributed by atoms with van der Waals surface area (Å²) in [6, 6.07) is 13.4. The van der Waals surface area contributed by atoms with Gasteiger partial charge in [-0.3, -0.25) is 19.7 Å². The smallest absolute Gasteiger partial charge is 0.319 e. The zero-order valence-electron chi connectivity index (χ0n) is 18.0. The standard InChI is InChI=1S/C23H21N7O4/c31-20-9-8-19(21(32)26-20)29-12-14-10-17(6-7-18(14)22(29)33)30-13-16(27-28-30)11-24-23(34)25-15-4-2-1-3-5-15/h1-7,10,13,19H,8-9,11-12H2,(H2,24,25,34)(H,26,31,32). The van der Waals surface area contributed by atoms with E-state index in [4.69, 9.17) is 0 Å². The van der Waals surface area contributed by atoms with E-state index in [2.05, 4.69) is 26.3 Å². The van der Waals surface area contributed by atoms with E-state index >= 15 is 0 Å². The topological polar surface area (TPSA) is 138 Å². The number of fused-ring (bicyclic) bond motifs is 1. The summed E-state index contributed by atoms with van der Waals surface area (Å²) >= 11 is 0. The van der Waals surface area contributed by atoms with Crippen LogP contribution in [-0.2, 0) is 22.7 Å². The third kappa shape index (κ3) is 4.22. The van der Waals surface area contributed by atoms with E-state index in [0.717, 1.165) is 5.56 Å². The van der Waals surface area contributed by atoms with Crippen LogP contribution in [0.2, 0.25) is 0 Å². The number of carbonyl (C=O) groups excluding carboxylic acids is 4. The molecule has 3 heterocycles. The molecular formula is C23H21N7O4. The summed E-state index contributed by atoms with van der Waals surface area (Å²) in [6.07, 6.45) is 2.22. The van der Waals surface area contributed by atoms with Crippen molar-refractivity contribution in [2.45, 2.75) is 32.0 Å². The van der Waals surface area contributed by atoms with Crippen molar-refractivity contribution < 1.29 is 19.2 Å². The van der Waals surface area contributed by atoms with Gasteiger partial charge < -0.3 is 15.5 Å². The number of aromatic nitrogens is 3. The van der Waals surface area contributed by atoms with E-state index < -0.39 is 11.9 Å². The minimum atomic E-state index is -0.660. The van der Waals surface area contributed by atoms with Gasteiger partial charge in [0, 0.05) is 24.2 Å². The molecule has 1 saturated heterocycles. The van der Waals surface area contributed by atoms with Crippen LogP contribution in [0.1, 0.15) is 34.5 Å². The molecule has 0 radical (unpaired) electrons. The lowest BCUT2D eigenvalue weighted by molar-refractivity contribution is -0.136. The highest BCUT2D eigenvalue weighted by Crippen LogP contribution is 2.29. The zero-order valence-corrected chi connectivity index (χ0v) is 18.0. The summed E-state index contributed by atoms with van der Waals surface area (Å²) in [5.41, 5.74) is 3.23. The zero-order chi connectivity index (χ0) is 23.7. The molecule has 0 spiro atoms. The Morgan fingerprint density at radius 2 is 1.94 bits per heavy atom. The molecule has 34 heavy (non-hydrogen) atoms. The Balaban J connectivity index is 1.24. The van der Waals surface area contributed by atoms with Crippen LogP contribution in [0, 0.1) is 0 Å². The molecule has 2 aliphatic rings. The third-order valence-electron chi connectivity index (χ3n) is 5.77. The molecule has 1 unspecified atom stereocenters. The number of urea groups is 1. The van der Waals surface area contributed by atoms with Gasteiger partial charge in [0.05, 0.1) is 18.4 Å². The first-order valence-corrected chi connectivity index (χ1v) is 10.8. The highest BCUT2D eigenvalue weighted by Gasteiger charge is 2.39. The van der Waals surface area contributed by atoms with Crippen LogP contribution < -0.4 is 16.0 Å². The Morgan fingerprint density at radius 1 is 1.12 bits per heavy atom. The number of piperidine rings is 1. The number of rotatable bonds is 5. The first-order chi connectivity index (χ1) is 16.5. The molecule has 0 aliphatic carbocycles. The largest absolute Gasteiger partial charge is 0.332 e. The van der Waals surface area contributed by atoms with Crippen LogP contribution in [0.25, 0.3) is 5.69 Å². The Morgan fingerprint density at radius 3 is 2.74 bits per heavy atom. The maximum atomic E-state index is 12.8. The molecule has 0 saturated carbocycles. The van der Waals surface area contributed by atoms with Gasteiger partial charge in [-0.2, -0.15) is 0 Å². The fraction of sp³-hybridized carbons (Fsp3) is 0.217. The van der Waals surface area contributed by atoms with Crippen LogP contribution in [0.15, 0.2) is 54.7 Å². The first-order valence-electron chi connectivity index (χ1n) is 10.8. The quantitative estimate of drug-likeness (QED) is 0.493. The van der Waals surface area contributed by atoms with Gasteiger partial charge in [0.15, 0.2) is 0 Å². The maximum Gasteiger partial charge on any atom is 0.319 e. The Hall–Kier alpha value is -4.54. The molecule has 1 fully saturated rings. The van der Waals surface area contributed by atoms with Gasteiger partial charge in [0.25, 0.3) is 5.91 Å². The Labute approximate surface area is 194 Å². The van der Waals surface area contributed by atoms with E-state index in [1.807, 2.05) is 24.3 Å². The monoisotopic (exact) mass is 459 g/mol. The number of carbonyl (C=O) groups is 4. The lowest BCUT2D eigenvalue weighted by Crippen LogP contribution is -2.52. The average molecular weight is 459 g/mol. The van der Waals surface area contributed by atoms with E-state index in [1.165, 1.54) is 4.90 Å². The van der Waals surface area contributed by atoms with Crippen LogP contribution in [0.5, 0.6) is 0 Å². The van der Waals surface area contributed by atoms with Crippen molar-refractivity contribution >= 4 is 29.4 Å². The van der Waals surface area contributed by atoms with Crippen molar-refractivity contribution in [2.75, 3.05) is 5.32 Å². The molecule has 3 N–H and O–H groups in total. The molecule has 0 bridgehead atoms. The molecule has 5 amide bonds. The van der Waals surface area contributed by atoms with Crippen molar-refractivity contribution in [3.05, 3.63) is 71.5 Å². The van der Waals surface area contributed by atoms with Crippen molar-refractivity contribution in [3.8, 4) is 5.69 Å². The number of benzene rings is 2. The average Bonchev–Trinajstić information content (AvgIpc) is 3.43. The van der Waals surface area contributed by atoms with Crippen LogP contribution >= 0.6 is 0 Å². The van der Waals surface area contributed by atoms with Crippen LogP contribution in [0.3, 0.4) is 0 Å². The fourth-order valence-corrected chi connectivity index (χ4v) is 4.08. The van der Waals surface area contributed by atoms with E-state index in [0.29, 0.717) is 29.1 Å². The molecule has 11 heteroatoms. The summed E-state index contributed by atoms with van der Waals surface area (Å²) in [5, 5.41) is 16.0. The van der Waals surface area contributed by atoms with Crippen LogP contribution in [-0.4, -0.2) is 49.7 Å². The van der Waals surface area contributed by atoms with Gasteiger partial charge in [-0.05, 0) is 42.3 Å². The van der Waals surface area contributed by atoms with Gasteiger partial charge in [-0.25, -0.2) is 9.48 Å². The highest BCUT2D eigenvalue weighted by molar-refractivity contribution is 6.05. The number of nitrogens with zero attached hydrogens (tertiary/aromatic N) is 4. The number of anilines is 1. The van der Waals surface area contributed by atoms with Gasteiger partial charge in [-0.15, -0.1) is 5.10 Å². The number of amides is 5. The molecule has 2 aromatic carbocycles. The molecule has 1 atom stereocenters. The number of hydrogen-bond acceptors (Lipinski definition) is 6. The third-order valence-corrected chi connectivity index (χ3v) is 5.77. The van der Waals surface area contributed by atoms with Gasteiger partial charge in [0.2, 0.25) is 11.8 Å². The summed E-state index contributed by atoms with van der Waals surface area (Å²) in [6.45, 7) is 0.461. The van der Waals surface area contributed by atoms with Crippen molar-refractivity contribution in [2.24, 2.45) is 0 Å². The van der Waals surface area contributed by atoms with Crippen molar-refractivity contribution in [3.63, 3.8) is 0 Å². The minimum absolute atomic E-state index is 0.186. The van der Waals surface area contributed by atoms with E-state index in [1.54, 1.807) is 35.1 Å². The Bertz CT molecular complexity index is 1290. The molecule has 1 aromatic heterocycles. The molecule has 2 aliphatic heterocycles.